The van der Waals surface area contributed by atoms with Gasteiger partial charge in [-0.3, -0.25) is 9.59 Å². The predicted octanol–water partition coefficient (Wildman–Crippen LogP) is 4.20. The number of fused-ring (bicyclic) bond motifs is 1. The number of pyridine rings is 1. The summed E-state index contributed by atoms with van der Waals surface area (Å²) in [7, 11) is 0. The van der Waals surface area contributed by atoms with Crippen molar-refractivity contribution in [3.8, 4) is 0 Å². The van der Waals surface area contributed by atoms with E-state index in [1.807, 2.05) is 36.4 Å². The van der Waals surface area contributed by atoms with Gasteiger partial charge in [0, 0.05) is 29.8 Å². The molecule has 1 aliphatic heterocycles. The third kappa shape index (κ3) is 4.04. The van der Waals surface area contributed by atoms with Crippen molar-refractivity contribution < 1.29 is 9.59 Å². The van der Waals surface area contributed by atoms with Crippen LogP contribution in [0.3, 0.4) is 0 Å². The van der Waals surface area contributed by atoms with Crippen LogP contribution in [0.1, 0.15) is 21.5 Å². The minimum atomic E-state index is -0.212. The van der Waals surface area contributed by atoms with E-state index in [9.17, 15) is 9.59 Å². The molecule has 0 fully saturated rings. The molecular weight excluding hydrogens is 420 g/mol. The van der Waals surface area contributed by atoms with Crippen molar-refractivity contribution in [2.45, 2.75) is 13.0 Å². The highest BCUT2D eigenvalue weighted by Crippen LogP contribution is 2.27. The summed E-state index contributed by atoms with van der Waals surface area (Å²) in [5, 5.41) is 9.01. The van der Waals surface area contributed by atoms with Crippen LogP contribution in [0.15, 0.2) is 65.4 Å². The molecule has 7 heteroatoms. The Morgan fingerprint density at radius 3 is 2.86 bits per heavy atom. The summed E-state index contributed by atoms with van der Waals surface area (Å²) in [4.78, 5) is 28.4. The Labute approximate surface area is 170 Å². The Kier molecular flexibility index (Phi) is 5.08. The molecule has 3 aromatic rings. The van der Waals surface area contributed by atoms with Crippen molar-refractivity contribution >= 4 is 44.8 Å². The predicted molar refractivity (Wildman–Crippen MR) is 112 cm³/mol. The molecule has 2 aromatic carbocycles. The lowest BCUT2D eigenvalue weighted by Gasteiger charge is -2.13. The highest BCUT2D eigenvalue weighted by molar-refractivity contribution is 9.10. The standard InChI is InChI=1S/C21H17BrN4O2/c22-19-9-13(7-8-23-19)12-24-18-4-2-1-3-16(18)21(28)25-15-5-6-17-14(10-15)11-20(27)26-17/h1-10,24H,11-12H2,(H,25,28)(H,26,27). The number of carbonyl (C=O) groups excluding carboxylic acids is 2. The number of aromatic nitrogens is 1. The molecule has 140 valence electrons. The third-order valence-electron chi connectivity index (χ3n) is 4.43. The number of hydrogen-bond acceptors (Lipinski definition) is 4. The van der Waals surface area contributed by atoms with E-state index >= 15 is 0 Å². The van der Waals surface area contributed by atoms with Crippen molar-refractivity contribution in [1.29, 1.82) is 0 Å². The van der Waals surface area contributed by atoms with E-state index in [1.165, 1.54) is 0 Å². The number of rotatable bonds is 5. The number of anilines is 3. The molecule has 4 rings (SSSR count). The fourth-order valence-corrected chi connectivity index (χ4v) is 3.50. The lowest BCUT2D eigenvalue weighted by molar-refractivity contribution is -0.115. The van der Waals surface area contributed by atoms with Crippen LogP contribution in [0.4, 0.5) is 17.1 Å². The van der Waals surface area contributed by atoms with Gasteiger partial charge in [-0.2, -0.15) is 0 Å². The molecule has 1 aromatic heterocycles. The maximum Gasteiger partial charge on any atom is 0.257 e. The fraction of sp³-hybridized carbons (Fsp3) is 0.0952. The number of benzene rings is 2. The first kappa shape index (κ1) is 18.2. The summed E-state index contributed by atoms with van der Waals surface area (Å²) in [6, 6.07) is 16.6. The van der Waals surface area contributed by atoms with E-state index in [-0.39, 0.29) is 11.8 Å². The largest absolute Gasteiger partial charge is 0.380 e. The Balaban J connectivity index is 1.49. The molecule has 0 saturated carbocycles. The lowest BCUT2D eigenvalue weighted by Crippen LogP contribution is -2.15. The van der Waals surface area contributed by atoms with Gasteiger partial charge in [-0.05, 0) is 69.5 Å². The first-order valence-corrected chi connectivity index (χ1v) is 9.55. The number of para-hydroxylation sites is 1. The van der Waals surface area contributed by atoms with Crippen LogP contribution >= 0.6 is 15.9 Å². The normalized spacial score (nSPS) is 12.2. The molecule has 1 aliphatic rings. The summed E-state index contributed by atoms with van der Waals surface area (Å²) in [5.41, 5.74) is 4.68. The zero-order chi connectivity index (χ0) is 19.5. The Hall–Kier alpha value is -3.19. The van der Waals surface area contributed by atoms with Crippen molar-refractivity contribution in [3.05, 3.63) is 82.1 Å². The van der Waals surface area contributed by atoms with Gasteiger partial charge in [0.15, 0.2) is 0 Å². The summed E-state index contributed by atoms with van der Waals surface area (Å²) in [6.07, 6.45) is 2.06. The van der Waals surface area contributed by atoms with Gasteiger partial charge in [-0.15, -0.1) is 0 Å². The topological polar surface area (TPSA) is 83.1 Å². The SMILES string of the molecule is O=C1Cc2cc(NC(=O)c3ccccc3NCc3ccnc(Br)c3)ccc2N1. The molecule has 0 radical (unpaired) electrons. The molecule has 2 heterocycles. The molecule has 6 nitrogen and oxygen atoms in total. The smallest absolute Gasteiger partial charge is 0.257 e. The van der Waals surface area contributed by atoms with Gasteiger partial charge in [0.1, 0.15) is 4.60 Å². The van der Waals surface area contributed by atoms with Crippen LogP contribution in [-0.4, -0.2) is 16.8 Å². The van der Waals surface area contributed by atoms with Gasteiger partial charge >= 0.3 is 0 Å². The van der Waals surface area contributed by atoms with Gasteiger partial charge in [-0.25, -0.2) is 4.98 Å². The van der Waals surface area contributed by atoms with Crippen LogP contribution in [0, 0.1) is 0 Å². The van der Waals surface area contributed by atoms with Crippen LogP contribution in [0.5, 0.6) is 0 Å². The van der Waals surface area contributed by atoms with E-state index < -0.39 is 0 Å². The summed E-state index contributed by atoms with van der Waals surface area (Å²) in [6.45, 7) is 0.567. The molecule has 0 spiro atoms. The Morgan fingerprint density at radius 2 is 2.00 bits per heavy atom. The van der Waals surface area contributed by atoms with Gasteiger partial charge in [-0.1, -0.05) is 12.1 Å². The van der Waals surface area contributed by atoms with Gasteiger partial charge in [0.25, 0.3) is 5.91 Å². The zero-order valence-electron chi connectivity index (χ0n) is 14.8. The van der Waals surface area contributed by atoms with Crippen LogP contribution in [-0.2, 0) is 17.8 Å². The molecule has 0 saturated heterocycles. The van der Waals surface area contributed by atoms with E-state index in [4.69, 9.17) is 0 Å². The lowest BCUT2D eigenvalue weighted by atomic mass is 10.1. The molecule has 0 unspecified atom stereocenters. The third-order valence-corrected chi connectivity index (χ3v) is 4.87. The maximum absolute atomic E-state index is 12.8. The molecule has 0 bridgehead atoms. The summed E-state index contributed by atoms with van der Waals surface area (Å²) in [5.74, 6) is -0.244. The number of carbonyl (C=O) groups is 2. The second-order valence-corrected chi connectivity index (χ2v) is 7.25. The van der Waals surface area contributed by atoms with Crippen molar-refractivity contribution in [3.63, 3.8) is 0 Å². The highest BCUT2D eigenvalue weighted by atomic mass is 79.9. The Bertz CT molecular complexity index is 1070. The molecule has 0 atom stereocenters. The number of nitrogens with zero attached hydrogens (tertiary/aromatic N) is 1. The number of amides is 2. The average Bonchev–Trinajstić information content (AvgIpc) is 3.06. The summed E-state index contributed by atoms with van der Waals surface area (Å²) < 4.78 is 0.766. The van der Waals surface area contributed by atoms with Crippen molar-refractivity contribution in [1.82, 2.24) is 4.98 Å². The Morgan fingerprint density at radius 1 is 1.14 bits per heavy atom. The van der Waals surface area contributed by atoms with E-state index in [1.54, 1.807) is 24.4 Å². The van der Waals surface area contributed by atoms with Gasteiger partial charge in [0.2, 0.25) is 5.91 Å². The number of nitrogens with one attached hydrogen (secondary N) is 3. The molecular formula is C21H17BrN4O2. The second kappa shape index (κ2) is 7.82. The number of halogens is 1. The van der Waals surface area contributed by atoms with Crippen molar-refractivity contribution in [2.75, 3.05) is 16.0 Å². The van der Waals surface area contributed by atoms with Gasteiger partial charge in [0.05, 0.1) is 12.0 Å². The van der Waals surface area contributed by atoms with Gasteiger partial charge < -0.3 is 16.0 Å². The minimum Gasteiger partial charge on any atom is -0.380 e. The average molecular weight is 437 g/mol. The monoisotopic (exact) mass is 436 g/mol. The molecule has 3 N–H and O–H groups in total. The van der Waals surface area contributed by atoms with E-state index in [0.717, 1.165) is 27.1 Å². The highest BCUT2D eigenvalue weighted by Gasteiger charge is 2.18. The second-order valence-electron chi connectivity index (χ2n) is 6.44. The van der Waals surface area contributed by atoms with E-state index in [2.05, 4.69) is 36.9 Å². The fourth-order valence-electron chi connectivity index (χ4n) is 3.09. The zero-order valence-corrected chi connectivity index (χ0v) is 16.4. The van der Waals surface area contributed by atoms with E-state index in [0.29, 0.717) is 24.2 Å². The first-order chi connectivity index (χ1) is 13.6. The van der Waals surface area contributed by atoms with Crippen LogP contribution < -0.4 is 16.0 Å². The summed E-state index contributed by atoms with van der Waals surface area (Å²) >= 11 is 3.36. The molecule has 2 amide bonds. The first-order valence-electron chi connectivity index (χ1n) is 8.76. The molecule has 0 aliphatic carbocycles. The van der Waals surface area contributed by atoms with Crippen molar-refractivity contribution in [2.24, 2.45) is 0 Å². The molecule has 28 heavy (non-hydrogen) atoms. The maximum atomic E-state index is 12.8. The minimum absolute atomic E-state index is 0.0317. The van der Waals surface area contributed by atoms with Crippen LogP contribution in [0.25, 0.3) is 0 Å². The number of hydrogen-bond donors (Lipinski definition) is 3. The quantitative estimate of drug-likeness (QED) is 0.523. The van der Waals surface area contributed by atoms with Crippen LogP contribution in [0.2, 0.25) is 0 Å².